The summed E-state index contributed by atoms with van der Waals surface area (Å²) in [5.41, 5.74) is 3.74. The van der Waals surface area contributed by atoms with E-state index in [0.29, 0.717) is 33.8 Å². The van der Waals surface area contributed by atoms with Gasteiger partial charge in [-0.1, -0.05) is 6.07 Å². The van der Waals surface area contributed by atoms with Gasteiger partial charge in [-0.05, 0) is 61.7 Å². The molecule has 142 valence electrons. The third-order valence-electron chi connectivity index (χ3n) is 3.96. The molecule has 0 fully saturated rings. The first kappa shape index (κ1) is 20.0. The predicted octanol–water partition coefficient (Wildman–Crippen LogP) is 3.29. The number of rotatable bonds is 6. The summed E-state index contributed by atoms with van der Waals surface area (Å²) in [6.45, 7) is 6.29. The molecule has 0 aromatic heterocycles. The Hall–Kier alpha value is -3.35. The molecule has 0 unspecified atom stereocenters. The number of benzene rings is 2. The second-order valence-electron chi connectivity index (χ2n) is 6.24. The largest absolute Gasteiger partial charge is 0.481 e. The highest BCUT2D eigenvalue weighted by Crippen LogP contribution is 2.27. The van der Waals surface area contributed by atoms with Crippen molar-refractivity contribution in [2.45, 2.75) is 27.7 Å². The van der Waals surface area contributed by atoms with Gasteiger partial charge in [-0.15, -0.1) is 0 Å². The van der Waals surface area contributed by atoms with E-state index in [9.17, 15) is 14.4 Å². The third-order valence-corrected chi connectivity index (χ3v) is 3.96. The molecule has 2 amide bonds. The van der Waals surface area contributed by atoms with E-state index in [2.05, 4.69) is 10.6 Å². The molecule has 0 saturated carbocycles. The Morgan fingerprint density at radius 1 is 1.00 bits per heavy atom. The van der Waals surface area contributed by atoms with Crippen LogP contribution in [-0.2, 0) is 9.59 Å². The summed E-state index contributed by atoms with van der Waals surface area (Å²) >= 11 is 0. The van der Waals surface area contributed by atoms with Gasteiger partial charge >= 0.3 is 5.97 Å². The van der Waals surface area contributed by atoms with Crippen molar-refractivity contribution < 1.29 is 24.2 Å². The number of ether oxygens (including phenoxy) is 1. The van der Waals surface area contributed by atoms with Gasteiger partial charge in [0.2, 0.25) is 5.91 Å². The first-order chi connectivity index (χ1) is 12.7. The van der Waals surface area contributed by atoms with Crippen LogP contribution in [0.2, 0.25) is 0 Å². The second-order valence-corrected chi connectivity index (χ2v) is 6.24. The van der Waals surface area contributed by atoms with Crippen LogP contribution < -0.4 is 15.4 Å². The fourth-order valence-corrected chi connectivity index (χ4v) is 2.73. The second kappa shape index (κ2) is 8.35. The van der Waals surface area contributed by atoms with Crippen LogP contribution in [0.5, 0.6) is 5.75 Å². The number of nitrogens with one attached hydrogen (secondary N) is 2. The first-order valence-electron chi connectivity index (χ1n) is 8.33. The molecule has 27 heavy (non-hydrogen) atoms. The topological polar surface area (TPSA) is 105 Å². The Morgan fingerprint density at radius 3 is 2.07 bits per heavy atom. The zero-order valence-electron chi connectivity index (χ0n) is 15.7. The molecule has 0 heterocycles. The lowest BCUT2D eigenvalue weighted by molar-refractivity contribution is -0.139. The Morgan fingerprint density at radius 2 is 1.56 bits per heavy atom. The third kappa shape index (κ3) is 5.07. The Balaban J connectivity index is 2.24. The lowest BCUT2D eigenvalue weighted by atomic mass is 10.0. The number of carboxylic acid groups (broad SMARTS) is 1. The molecule has 2 rings (SSSR count). The fourth-order valence-electron chi connectivity index (χ4n) is 2.73. The minimum absolute atomic E-state index is 0.190. The molecule has 2 aromatic rings. The van der Waals surface area contributed by atoms with Crippen LogP contribution in [0.4, 0.5) is 11.4 Å². The number of carbonyl (C=O) groups excluding carboxylic acids is 2. The van der Waals surface area contributed by atoms with Gasteiger partial charge in [-0.25, -0.2) is 4.79 Å². The molecule has 0 atom stereocenters. The minimum Gasteiger partial charge on any atom is -0.481 e. The number of hydrogen-bond donors (Lipinski definition) is 3. The van der Waals surface area contributed by atoms with E-state index in [4.69, 9.17) is 9.84 Å². The van der Waals surface area contributed by atoms with E-state index < -0.39 is 12.6 Å². The molecule has 0 aliphatic carbocycles. The van der Waals surface area contributed by atoms with Gasteiger partial charge in [-0.2, -0.15) is 0 Å². The Kier molecular flexibility index (Phi) is 6.18. The number of hydrogen-bond acceptors (Lipinski definition) is 4. The van der Waals surface area contributed by atoms with Crippen LogP contribution >= 0.6 is 0 Å². The summed E-state index contributed by atoms with van der Waals surface area (Å²) in [5.74, 6) is -1.11. The van der Waals surface area contributed by atoms with Crippen LogP contribution in [0.1, 0.15) is 34.0 Å². The van der Waals surface area contributed by atoms with E-state index >= 15 is 0 Å². The van der Waals surface area contributed by atoms with Gasteiger partial charge in [0, 0.05) is 23.9 Å². The molecule has 7 heteroatoms. The first-order valence-corrected chi connectivity index (χ1v) is 8.33. The highest BCUT2D eigenvalue weighted by molar-refractivity contribution is 6.05. The van der Waals surface area contributed by atoms with Crippen molar-refractivity contribution in [2.75, 3.05) is 17.2 Å². The average molecular weight is 370 g/mol. The SMILES string of the molecule is CC(=O)Nc1cccc(NC(=O)c2cc(C)c(OCC(=O)O)c(C)c2)c1C. The van der Waals surface area contributed by atoms with Crippen LogP contribution in [0.3, 0.4) is 0 Å². The van der Waals surface area contributed by atoms with Gasteiger partial charge in [0.15, 0.2) is 6.61 Å². The number of carbonyl (C=O) groups is 3. The molecule has 0 aliphatic rings. The minimum atomic E-state index is -1.06. The fraction of sp³-hybridized carbons (Fsp3) is 0.250. The van der Waals surface area contributed by atoms with E-state index in [-0.39, 0.29) is 11.8 Å². The molecular weight excluding hydrogens is 348 g/mol. The Bertz CT molecular complexity index is 882. The highest BCUT2D eigenvalue weighted by atomic mass is 16.5. The molecule has 0 bridgehead atoms. The molecule has 0 spiro atoms. The van der Waals surface area contributed by atoms with Crippen molar-refractivity contribution in [1.29, 1.82) is 0 Å². The molecule has 2 aromatic carbocycles. The van der Waals surface area contributed by atoms with Crippen molar-refractivity contribution >= 4 is 29.2 Å². The molecule has 3 N–H and O–H groups in total. The van der Waals surface area contributed by atoms with Gasteiger partial charge in [0.05, 0.1) is 0 Å². The molecule has 7 nitrogen and oxygen atoms in total. The lowest BCUT2D eigenvalue weighted by Crippen LogP contribution is -2.15. The number of amides is 2. The van der Waals surface area contributed by atoms with E-state index in [1.807, 2.05) is 0 Å². The monoisotopic (exact) mass is 370 g/mol. The predicted molar refractivity (Wildman–Crippen MR) is 102 cm³/mol. The van der Waals surface area contributed by atoms with Gasteiger partial charge in [0.1, 0.15) is 5.75 Å². The lowest BCUT2D eigenvalue weighted by Gasteiger charge is -2.15. The van der Waals surface area contributed by atoms with E-state index in [1.165, 1.54) is 6.92 Å². The van der Waals surface area contributed by atoms with Crippen molar-refractivity contribution in [3.05, 3.63) is 52.6 Å². The number of aliphatic carboxylic acids is 1. The average Bonchev–Trinajstić information content (AvgIpc) is 2.56. The maximum absolute atomic E-state index is 12.6. The number of anilines is 2. The molecule has 0 saturated heterocycles. The summed E-state index contributed by atoms with van der Waals surface area (Å²) in [4.78, 5) is 34.6. The summed E-state index contributed by atoms with van der Waals surface area (Å²) in [6, 6.07) is 8.55. The maximum atomic E-state index is 12.6. The van der Waals surface area contributed by atoms with Crippen molar-refractivity contribution in [1.82, 2.24) is 0 Å². The van der Waals surface area contributed by atoms with E-state index in [1.54, 1.807) is 51.1 Å². The van der Waals surface area contributed by atoms with Crippen LogP contribution in [0, 0.1) is 20.8 Å². The van der Waals surface area contributed by atoms with Crippen molar-refractivity contribution in [3.8, 4) is 5.75 Å². The smallest absolute Gasteiger partial charge is 0.341 e. The maximum Gasteiger partial charge on any atom is 0.341 e. The van der Waals surface area contributed by atoms with Gasteiger partial charge in [0.25, 0.3) is 5.91 Å². The van der Waals surface area contributed by atoms with Crippen molar-refractivity contribution in [3.63, 3.8) is 0 Å². The van der Waals surface area contributed by atoms with Crippen molar-refractivity contribution in [2.24, 2.45) is 0 Å². The van der Waals surface area contributed by atoms with Crippen LogP contribution in [0.25, 0.3) is 0 Å². The quantitative estimate of drug-likeness (QED) is 0.724. The van der Waals surface area contributed by atoms with Crippen LogP contribution in [-0.4, -0.2) is 29.5 Å². The van der Waals surface area contributed by atoms with Crippen LogP contribution in [0.15, 0.2) is 30.3 Å². The van der Waals surface area contributed by atoms with Gasteiger partial charge < -0.3 is 20.5 Å². The molecule has 0 radical (unpaired) electrons. The molecule has 0 aliphatic heterocycles. The van der Waals surface area contributed by atoms with Gasteiger partial charge in [-0.3, -0.25) is 9.59 Å². The normalized spacial score (nSPS) is 10.2. The standard InChI is InChI=1S/C20H22N2O5/c1-11-8-15(9-12(2)19(11)27-10-18(24)25)20(26)22-17-7-5-6-16(13(17)3)21-14(4)23/h5-9H,10H2,1-4H3,(H,21,23)(H,22,26)(H,24,25). The van der Waals surface area contributed by atoms with E-state index in [0.717, 1.165) is 5.56 Å². The summed E-state index contributed by atoms with van der Waals surface area (Å²) in [6.07, 6.45) is 0. The summed E-state index contributed by atoms with van der Waals surface area (Å²) in [7, 11) is 0. The summed E-state index contributed by atoms with van der Waals surface area (Å²) < 4.78 is 5.28. The zero-order chi connectivity index (χ0) is 20.1. The Labute approximate surface area is 157 Å². The molecular formula is C20H22N2O5. The number of carboxylic acids is 1. The highest BCUT2D eigenvalue weighted by Gasteiger charge is 2.14. The summed E-state index contributed by atoms with van der Waals surface area (Å²) in [5, 5.41) is 14.3. The zero-order valence-corrected chi connectivity index (χ0v) is 15.7. The number of aryl methyl sites for hydroxylation is 2.